The highest BCUT2D eigenvalue weighted by atomic mass is 35.5. The highest BCUT2D eigenvalue weighted by Gasteiger charge is 2.21. The predicted molar refractivity (Wildman–Crippen MR) is 67.1 cm³/mol. The minimum Gasteiger partial charge on any atom is -0.489 e. The van der Waals surface area contributed by atoms with E-state index in [0.29, 0.717) is 16.7 Å². The van der Waals surface area contributed by atoms with E-state index in [4.69, 9.17) is 16.3 Å². The van der Waals surface area contributed by atoms with Gasteiger partial charge in [0, 0.05) is 0 Å². The first-order valence-electron chi connectivity index (χ1n) is 5.99. The topological polar surface area (TPSA) is 21.3 Å². The second kappa shape index (κ2) is 5.69. The molecule has 1 heterocycles. The minimum absolute atomic E-state index is 0.111. The molecule has 0 saturated carbocycles. The van der Waals surface area contributed by atoms with E-state index in [9.17, 15) is 4.39 Å². The molecule has 0 amide bonds. The highest BCUT2D eigenvalue weighted by Crippen LogP contribution is 2.28. The van der Waals surface area contributed by atoms with Crippen LogP contribution in [0.3, 0.4) is 0 Å². The lowest BCUT2D eigenvalue weighted by Gasteiger charge is -2.28. The fraction of sp³-hybridized carbons (Fsp3) is 0.538. The number of halogens is 2. The molecular weight excluding hydrogens is 241 g/mol. The lowest BCUT2D eigenvalue weighted by molar-refractivity contribution is 0.128. The summed E-state index contributed by atoms with van der Waals surface area (Å²) in [5.74, 6) is 0.772. The Balaban J connectivity index is 1.99. The second-order valence-corrected chi connectivity index (χ2v) is 4.89. The molecule has 0 bridgehead atoms. The van der Waals surface area contributed by atoms with Crippen molar-refractivity contribution in [1.29, 1.82) is 0 Å². The monoisotopic (exact) mass is 257 g/mol. The molecule has 1 aromatic rings. The summed E-state index contributed by atoms with van der Waals surface area (Å²) < 4.78 is 18.7. The average Bonchev–Trinajstić information content (AvgIpc) is 2.34. The van der Waals surface area contributed by atoms with E-state index in [1.807, 2.05) is 0 Å². The molecule has 94 valence electrons. The van der Waals surface area contributed by atoms with Crippen LogP contribution in [-0.2, 0) is 0 Å². The van der Waals surface area contributed by atoms with Crippen LogP contribution >= 0.6 is 11.6 Å². The quantitative estimate of drug-likeness (QED) is 0.898. The van der Waals surface area contributed by atoms with Gasteiger partial charge < -0.3 is 10.1 Å². The van der Waals surface area contributed by atoms with E-state index < -0.39 is 0 Å². The fourth-order valence-corrected chi connectivity index (χ4v) is 2.39. The van der Waals surface area contributed by atoms with Gasteiger partial charge in [0.2, 0.25) is 0 Å². The Labute approximate surface area is 106 Å². The largest absolute Gasteiger partial charge is 0.489 e. The van der Waals surface area contributed by atoms with Gasteiger partial charge in [-0.3, -0.25) is 0 Å². The van der Waals surface area contributed by atoms with Gasteiger partial charge in [-0.25, -0.2) is 4.39 Å². The molecule has 2 rings (SSSR count). The number of piperidine rings is 1. The number of ether oxygens (including phenoxy) is 1. The Morgan fingerprint density at radius 2 is 2.12 bits per heavy atom. The van der Waals surface area contributed by atoms with Crippen molar-refractivity contribution in [3.8, 4) is 5.75 Å². The molecule has 0 aliphatic carbocycles. The third-order valence-electron chi connectivity index (χ3n) is 3.25. The third-order valence-corrected chi connectivity index (χ3v) is 3.55. The zero-order valence-corrected chi connectivity index (χ0v) is 10.6. The summed E-state index contributed by atoms with van der Waals surface area (Å²) in [6.45, 7) is 4.13. The second-order valence-electron chi connectivity index (χ2n) is 4.49. The van der Waals surface area contributed by atoms with E-state index in [1.165, 1.54) is 12.1 Å². The maximum Gasteiger partial charge on any atom is 0.138 e. The van der Waals surface area contributed by atoms with Crippen LogP contribution < -0.4 is 10.1 Å². The molecule has 1 fully saturated rings. The van der Waals surface area contributed by atoms with E-state index in [0.717, 1.165) is 25.9 Å². The molecule has 0 aromatic heterocycles. The molecule has 2 nitrogen and oxygen atoms in total. The van der Waals surface area contributed by atoms with E-state index in [2.05, 4.69) is 12.2 Å². The van der Waals surface area contributed by atoms with Crippen molar-refractivity contribution < 1.29 is 9.13 Å². The zero-order valence-electron chi connectivity index (χ0n) is 9.88. The average molecular weight is 258 g/mol. The number of nitrogens with one attached hydrogen (secondary N) is 1. The summed E-state index contributed by atoms with van der Waals surface area (Å²) in [4.78, 5) is 0. The molecule has 1 saturated heterocycles. The van der Waals surface area contributed by atoms with E-state index in [-0.39, 0.29) is 11.9 Å². The molecule has 0 unspecified atom stereocenters. The molecule has 1 N–H and O–H groups in total. The van der Waals surface area contributed by atoms with Crippen LogP contribution in [0, 0.1) is 11.7 Å². The summed E-state index contributed by atoms with van der Waals surface area (Å²) in [6.07, 6.45) is 2.33. The summed E-state index contributed by atoms with van der Waals surface area (Å²) >= 11 is 5.94. The minimum atomic E-state index is -0.336. The third kappa shape index (κ3) is 3.33. The SMILES string of the molecule is C[C@@H](Oc1ccc(F)cc1Cl)C1CCNCC1. The summed E-state index contributed by atoms with van der Waals surface area (Å²) in [6, 6.07) is 4.25. The molecular formula is C13H17ClFNO. The van der Waals surface area contributed by atoms with Crippen molar-refractivity contribution in [3.63, 3.8) is 0 Å². The normalized spacial score (nSPS) is 19.0. The van der Waals surface area contributed by atoms with Gasteiger partial charge in [-0.15, -0.1) is 0 Å². The lowest BCUT2D eigenvalue weighted by Crippen LogP contribution is -2.35. The summed E-state index contributed by atoms with van der Waals surface area (Å²) in [5, 5.41) is 3.66. The Morgan fingerprint density at radius 1 is 1.41 bits per heavy atom. The molecule has 1 aromatic carbocycles. The van der Waals surface area contributed by atoms with Gasteiger partial charge in [0.05, 0.1) is 11.1 Å². The van der Waals surface area contributed by atoms with Crippen LogP contribution in [0.1, 0.15) is 19.8 Å². The Kier molecular flexibility index (Phi) is 4.24. The van der Waals surface area contributed by atoms with Gasteiger partial charge in [0.15, 0.2) is 0 Å². The van der Waals surface area contributed by atoms with Crippen molar-refractivity contribution in [2.75, 3.05) is 13.1 Å². The van der Waals surface area contributed by atoms with Crippen molar-refractivity contribution in [2.24, 2.45) is 5.92 Å². The van der Waals surface area contributed by atoms with Gasteiger partial charge in [0.25, 0.3) is 0 Å². The summed E-state index contributed by atoms with van der Waals surface area (Å²) in [5.41, 5.74) is 0. The first kappa shape index (κ1) is 12.7. The zero-order chi connectivity index (χ0) is 12.3. The maximum absolute atomic E-state index is 12.9. The molecule has 4 heteroatoms. The predicted octanol–water partition coefficient (Wildman–Crippen LogP) is 3.25. The number of rotatable bonds is 3. The Morgan fingerprint density at radius 3 is 2.76 bits per heavy atom. The molecule has 1 aliphatic heterocycles. The van der Waals surface area contributed by atoms with Gasteiger partial charge in [-0.1, -0.05) is 11.6 Å². The molecule has 1 aliphatic rings. The smallest absolute Gasteiger partial charge is 0.138 e. The molecule has 0 radical (unpaired) electrons. The van der Waals surface area contributed by atoms with Crippen LogP contribution in [0.4, 0.5) is 4.39 Å². The van der Waals surface area contributed by atoms with Crippen molar-refractivity contribution in [1.82, 2.24) is 5.32 Å². The molecule has 0 spiro atoms. The van der Waals surface area contributed by atoms with Gasteiger partial charge >= 0.3 is 0 Å². The van der Waals surface area contributed by atoms with Crippen LogP contribution in [-0.4, -0.2) is 19.2 Å². The van der Waals surface area contributed by atoms with Gasteiger partial charge in [-0.05, 0) is 57.0 Å². The molecule has 17 heavy (non-hydrogen) atoms. The Bertz CT molecular complexity index is 380. The standard InChI is InChI=1S/C13H17ClFNO/c1-9(10-4-6-16-7-5-10)17-13-3-2-11(15)8-12(13)14/h2-3,8-10,16H,4-7H2,1H3/t9-/m1/s1. The first-order valence-corrected chi connectivity index (χ1v) is 6.37. The van der Waals surface area contributed by atoms with Crippen molar-refractivity contribution >= 4 is 11.6 Å². The number of hydrogen-bond donors (Lipinski definition) is 1. The Hall–Kier alpha value is -0.800. The van der Waals surface area contributed by atoms with Crippen molar-refractivity contribution in [2.45, 2.75) is 25.9 Å². The van der Waals surface area contributed by atoms with Crippen LogP contribution in [0.5, 0.6) is 5.75 Å². The number of hydrogen-bond acceptors (Lipinski definition) is 2. The number of benzene rings is 1. The van der Waals surface area contributed by atoms with Crippen LogP contribution in [0.25, 0.3) is 0 Å². The molecule has 1 atom stereocenters. The lowest BCUT2D eigenvalue weighted by atomic mass is 9.93. The van der Waals surface area contributed by atoms with Gasteiger partial charge in [-0.2, -0.15) is 0 Å². The van der Waals surface area contributed by atoms with Crippen LogP contribution in [0.2, 0.25) is 5.02 Å². The van der Waals surface area contributed by atoms with Crippen LogP contribution in [0.15, 0.2) is 18.2 Å². The van der Waals surface area contributed by atoms with Crippen molar-refractivity contribution in [3.05, 3.63) is 29.0 Å². The maximum atomic E-state index is 12.9. The van der Waals surface area contributed by atoms with E-state index in [1.54, 1.807) is 6.07 Å². The van der Waals surface area contributed by atoms with E-state index >= 15 is 0 Å². The fourth-order valence-electron chi connectivity index (χ4n) is 2.18. The summed E-state index contributed by atoms with van der Waals surface area (Å²) in [7, 11) is 0. The van der Waals surface area contributed by atoms with Gasteiger partial charge in [0.1, 0.15) is 11.6 Å². The highest BCUT2D eigenvalue weighted by molar-refractivity contribution is 6.32. The first-order chi connectivity index (χ1) is 8.16.